The molecule has 3 N–H and O–H groups in total. The Hall–Kier alpha value is -1.60. The molecular weight excluding hydrogens is 244 g/mol. The number of nitrogens with two attached hydrogens (primary N) is 1. The monoisotopic (exact) mass is 266 g/mol. The van der Waals surface area contributed by atoms with Gasteiger partial charge in [-0.2, -0.15) is 5.10 Å². The number of oxime groups is 1. The first-order valence-electron chi connectivity index (χ1n) is 6.62. The molecule has 2 heterocycles. The van der Waals surface area contributed by atoms with E-state index in [2.05, 4.69) is 20.1 Å². The number of rotatable bonds is 5. The average Bonchev–Trinajstić information content (AvgIpc) is 2.97. The Morgan fingerprint density at radius 3 is 2.68 bits per heavy atom. The summed E-state index contributed by atoms with van der Waals surface area (Å²) in [6.45, 7) is 7.78. The van der Waals surface area contributed by atoms with Crippen molar-refractivity contribution in [1.29, 1.82) is 0 Å². The van der Waals surface area contributed by atoms with Gasteiger partial charge >= 0.3 is 0 Å². The lowest BCUT2D eigenvalue weighted by molar-refractivity contribution is 0.117. The summed E-state index contributed by atoms with van der Waals surface area (Å²) in [7, 11) is 0. The van der Waals surface area contributed by atoms with Crippen molar-refractivity contribution in [2.45, 2.75) is 19.5 Å². The maximum Gasteiger partial charge on any atom is 0.156 e. The molecule has 106 valence electrons. The van der Waals surface area contributed by atoms with Gasteiger partial charge < -0.3 is 10.9 Å². The van der Waals surface area contributed by atoms with E-state index < -0.39 is 0 Å². The molecule has 0 aliphatic carbocycles. The molecular formula is C12H22N6O. The van der Waals surface area contributed by atoms with Crippen LogP contribution in [0.3, 0.4) is 0 Å². The van der Waals surface area contributed by atoms with Crippen molar-refractivity contribution in [3.8, 4) is 0 Å². The van der Waals surface area contributed by atoms with Gasteiger partial charge in [0.05, 0.1) is 12.6 Å². The van der Waals surface area contributed by atoms with E-state index in [1.54, 1.807) is 6.20 Å². The molecule has 1 aliphatic rings. The van der Waals surface area contributed by atoms with Gasteiger partial charge in [0.25, 0.3) is 0 Å². The fourth-order valence-electron chi connectivity index (χ4n) is 2.32. The molecule has 1 atom stereocenters. The van der Waals surface area contributed by atoms with E-state index in [9.17, 15) is 0 Å². The van der Waals surface area contributed by atoms with Crippen LogP contribution in [0.4, 0.5) is 0 Å². The van der Waals surface area contributed by atoms with Crippen LogP contribution in [-0.2, 0) is 6.54 Å². The Labute approximate surface area is 113 Å². The Bertz CT molecular complexity index is 396. The lowest BCUT2D eigenvalue weighted by atomic mass is 10.2. The lowest BCUT2D eigenvalue weighted by Gasteiger charge is -2.37. The SMILES string of the molecule is CC(C(N)=NO)N1CCN(CCn2cccn2)CC1. The fourth-order valence-corrected chi connectivity index (χ4v) is 2.32. The second kappa shape index (κ2) is 6.53. The molecule has 7 heteroatoms. The molecule has 0 saturated carbocycles. The van der Waals surface area contributed by atoms with Crippen LogP contribution >= 0.6 is 0 Å². The summed E-state index contributed by atoms with van der Waals surface area (Å²) in [5.74, 6) is 0.282. The van der Waals surface area contributed by atoms with E-state index >= 15 is 0 Å². The van der Waals surface area contributed by atoms with Crippen molar-refractivity contribution in [1.82, 2.24) is 19.6 Å². The first-order valence-corrected chi connectivity index (χ1v) is 6.62. The second-order valence-corrected chi connectivity index (χ2v) is 4.85. The summed E-state index contributed by atoms with van der Waals surface area (Å²) in [6, 6.07) is 1.94. The zero-order chi connectivity index (χ0) is 13.7. The highest BCUT2D eigenvalue weighted by Crippen LogP contribution is 2.06. The first-order chi connectivity index (χ1) is 9.20. The van der Waals surface area contributed by atoms with Crippen LogP contribution < -0.4 is 5.73 Å². The average molecular weight is 266 g/mol. The lowest BCUT2D eigenvalue weighted by Crippen LogP contribution is -2.53. The van der Waals surface area contributed by atoms with E-state index in [0.717, 1.165) is 39.3 Å². The predicted octanol–water partition coefficient (Wildman–Crippen LogP) is -0.364. The van der Waals surface area contributed by atoms with Gasteiger partial charge in [-0.25, -0.2) is 0 Å². The molecule has 0 aromatic carbocycles. The minimum absolute atomic E-state index is 0.00161. The third-order valence-electron chi connectivity index (χ3n) is 3.70. The van der Waals surface area contributed by atoms with E-state index in [1.807, 2.05) is 23.9 Å². The standard InChI is InChI=1S/C12H22N6O/c1-11(12(13)15-19)17-8-5-16(6-9-17)7-10-18-4-2-3-14-18/h2-4,11,19H,5-10H2,1H3,(H2,13,15). The molecule has 2 rings (SSSR count). The molecule has 1 aromatic heterocycles. The van der Waals surface area contributed by atoms with Gasteiger partial charge in [-0.3, -0.25) is 14.5 Å². The second-order valence-electron chi connectivity index (χ2n) is 4.85. The molecule has 19 heavy (non-hydrogen) atoms. The Balaban J connectivity index is 1.73. The van der Waals surface area contributed by atoms with E-state index in [4.69, 9.17) is 10.9 Å². The Kier molecular flexibility index (Phi) is 4.75. The van der Waals surface area contributed by atoms with Crippen molar-refractivity contribution in [2.75, 3.05) is 32.7 Å². The summed E-state index contributed by atoms with van der Waals surface area (Å²) in [4.78, 5) is 4.65. The number of hydrogen-bond acceptors (Lipinski definition) is 5. The van der Waals surface area contributed by atoms with Crippen LogP contribution in [0.1, 0.15) is 6.92 Å². The number of aromatic nitrogens is 2. The number of piperazine rings is 1. The largest absolute Gasteiger partial charge is 0.409 e. The minimum atomic E-state index is -0.00161. The maximum atomic E-state index is 8.69. The summed E-state index contributed by atoms with van der Waals surface area (Å²) in [5.41, 5.74) is 5.64. The molecule has 0 spiro atoms. The molecule has 1 saturated heterocycles. The van der Waals surface area contributed by atoms with Crippen molar-refractivity contribution in [2.24, 2.45) is 10.9 Å². The van der Waals surface area contributed by atoms with Gasteiger partial charge in [0.15, 0.2) is 5.84 Å². The van der Waals surface area contributed by atoms with Gasteiger partial charge in [0.2, 0.25) is 0 Å². The molecule has 1 fully saturated rings. The van der Waals surface area contributed by atoms with Crippen molar-refractivity contribution < 1.29 is 5.21 Å². The number of nitrogens with zero attached hydrogens (tertiary/aromatic N) is 5. The summed E-state index contributed by atoms with van der Waals surface area (Å²) in [5, 5.41) is 16.0. The Morgan fingerprint density at radius 2 is 2.11 bits per heavy atom. The van der Waals surface area contributed by atoms with Crippen molar-refractivity contribution in [3.05, 3.63) is 18.5 Å². The quantitative estimate of drug-likeness (QED) is 0.329. The Morgan fingerprint density at radius 1 is 1.37 bits per heavy atom. The topological polar surface area (TPSA) is 82.9 Å². The smallest absolute Gasteiger partial charge is 0.156 e. The van der Waals surface area contributed by atoms with Crippen LogP contribution in [0.5, 0.6) is 0 Å². The highest BCUT2D eigenvalue weighted by molar-refractivity contribution is 5.84. The van der Waals surface area contributed by atoms with E-state index in [1.165, 1.54) is 0 Å². The van der Waals surface area contributed by atoms with Crippen molar-refractivity contribution >= 4 is 5.84 Å². The van der Waals surface area contributed by atoms with Crippen LogP contribution in [-0.4, -0.2) is 69.4 Å². The minimum Gasteiger partial charge on any atom is -0.409 e. The van der Waals surface area contributed by atoms with E-state index in [-0.39, 0.29) is 11.9 Å². The van der Waals surface area contributed by atoms with Crippen LogP contribution in [0.25, 0.3) is 0 Å². The highest BCUT2D eigenvalue weighted by atomic mass is 16.4. The molecule has 0 amide bonds. The van der Waals surface area contributed by atoms with E-state index in [0.29, 0.717) is 0 Å². The molecule has 1 aliphatic heterocycles. The summed E-state index contributed by atoms with van der Waals surface area (Å²) in [6.07, 6.45) is 3.79. The van der Waals surface area contributed by atoms with Gasteiger partial charge in [-0.05, 0) is 13.0 Å². The third kappa shape index (κ3) is 3.68. The summed E-state index contributed by atoms with van der Waals surface area (Å²) >= 11 is 0. The molecule has 7 nitrogen and oxygen atoms in total. The fraction of sp³-hybridized carbons (Fsp3) is 0.667. The van der Waals surface area contributed by atoms with Gasteiger partial charge in [0, 0.05) is 45.1 Å². The van der Waals surface area contributed by atoms with Gasteiger partial charge in [-0.15, -0.1) is 0 Å². The highest BCUT2D eigenvalue weighted by Gasteiger charge is 2.23. The van der Waals surface area contributed by atoms with Crippen LogP contribution in [0.15, 0.2) is 23.6 Å². The molecule has 0 bridgehead atoms. The first kappa shape index (κ1) is 13.8. The van der Waals surface area contributed by atoms with Gasteiger partial charge in [0.1, 0.15) is 0 Å². The van der Waals surface area contributed by atoms with Crippen LogP contribution in [0, 0.1) is 0 Å². The van der Waals surface area contributed by atoms with Gasteiger partial charge in [-0.1, -0.05) is 5.16 Å². The summed E-state index contributed by atoms with van der Waals surface area (Å²) < 4.78 is 1.95. The number of amidine groups is 1. The predicted molar refractivity (Wildman–Crippen MR) is 73.1 cm³/mol. The zero-order valence-electron chi connectivity index (χ0n) is 11.3. The molecule has 0 radical (unpaired) electrons. The molecule has 1 unspecified atom stereocenters. The van der Waals surface area contributed by atoms with Crippen molar-refractivity contribution in [3.63, 3.8) is 0 Å². The third-order valence-corrected chi connectivity index (χ3v) is 3.70. The van der Waals surface area contributed by atoms with Crippen LogP contribution in [0.2, 0.25) is 0 Å². The normalized spacial score (nSPS) is 20.6. The maximum absolute atomic E-state index is 8.69. The number of hydrogen-bond donors (Lipinski definition) is 2. The molecule has 1 aromatic rings. The zero-order valence-corrected chi connectivity index (χ0v) is 11.3.